The van der Waals surface area contributed by atoms with E-state index in [1.54, 1.807) is 4.90 Å². The summed E-state index contributed by atoms with van der Waals surface area (Å²) in [5.74, 6) is 0. The summed E-state index contributed by atoms with van der Waals surface area (Å²) in [4.78, 5) is 13.7. The molecule has 0 unspecified atom stereocenters. The molecular weight excluding hydrogens is 240 g/mol. The molecule has 4 heteroatoms. The van der Waals surface area contributed by atoms with Crippen molar-refractivity contribution in [2.45, 2.75) is 39.7 Å². The number of ether oxygens (including phenoxy) is 1. The van der Waals surface area contributed by atoms with Gasteiger partial charge < -0.3 is 15.4 Å². The molecule has 2 N–H and O–H groups in total. The van der Waals surface area contributed by atoms with Crippen molar-refractivity contribution in [1.82, 2.24) is 4.90 Å². The second-order valence-electron chi connectivity index (χ2n) is 5.56. The summed E-state index contributed by atoms with van der Waals surface area (Å²) in [6.07, 6.45) is 0.511. The highest BCUT2D eigenvalue weighted by Gasteiger charge is 2.20. The van der Waals surface area contributed by atoms with E-state index in [0.29, 0.717) is 13.1 Å². The third-order valence-electron chi connectivity index (χ3n) is 2.65. The van der Waals surface area contributed by atoms with Crippen LogP contribution in [0.5, 0.6) is 0 Å². The van der Waals surface area contributed by atoms with Crippen LogP contribution >= 0.6 is 0 Å². The van der Waals surface area contributed by atoms with Gasteiger partial charge in [0.15, 0.2) is 0 Å². The van der Waals surface area contributed by atoms with E-state index < -0.39 is 5.60 Å². The number of likely N-dealkylation sites (N-methyl/N-ethyl adjacent to an activating group) is 1. The monoisotopic (exact) mass is 264 g/mol. The molecule has 0 radical (unpaired) electrons. The zero-order valence-corrected chi connectivity index (χ0v) is 12.3. The molecule has 0 spiro atoms. The number of hydrogen-bond donors (Lipinski definition) is 1. The lowest BCUT2D eigenvalue weighted by Gasteiger charge is -2.26. The van der Waals surface area contributed by atoms with Gasteiger partial charge in [-0.15, -0.1) is 0 Å². The maximum Gasteiger partial charge on any atom is 0.410 e. The minimum absolute atomic E-state index is 0.265. The smallest absolute Gasteiger partial charge is 0.410 e. The first-order chi connectivity index (χ1) is 8.81. The molecule has 4 nitrogen and oxygen atoms in total. The molecule has 0 aliphatic carbocycles. The summed E-state index contributed by atoms with van der Waals surface area (Å²) in [6.45, 7) is 8.83. The maximum atomic E-state index is 12.0. The second kappa shape index (κ2) is 6.45. The quantitative estimate of drug-likeness (QED) is 0.850. The Morgan fingerprint density at radius 2 is 2.05 bits per heavy atom. The highest BCUT2D eigenvalue weighted by Crippen LogP contribution is 2.12. The summed E-state index contributed by atoms with van der Waals surface area (Å²) < 4.78 is 5.37. The summed E-state index contributed by atoms with van der Waals surface area (Å²) in [6, 6.07) is 7.73. The molecule has 1 amide bonds. The van der Waals surface area contributed by atoms with Gasteiger partial charge in [-0.1, -0.05) is 12.1 Å². The normalized spacial score (nSPS) is 11.2. The van der Waals surface area contributed by atoms with E-state index in [4.69, 9.17) is 10.5 Å². The fraction of sp³-hybridized carbons (Fsp3) is 0.533. The predicted octanol–water partition coefficient (Wildman–Crippen LogP) is 3.07. The largest absolute Gasteiger partial charge is 0.444 e. The maximum absolute atomic E-state index is 12.0. The minimum Gasteiger partial charge on any atom is -0.444 e. The molecule has 0 saturated carbocycles. The second-order valence-corrected chi connectivity index (χ2v) is 5.56. The topological polar surface area (TPSA) is 55.6 Å². The Balaban J connectivity index is 2.55. The van der Waals surface area contributed by atoms with Crippen molar-refractivity contribution in [3.8, 4) is 0 Å². The van der Waals surface area contributed by atoms with Crippen LogP contribution in [0.3, 0.4) is 0 Å². The van der Waals surface area contributed by atoms with Crippen LogP contribution in [0.2, 0.25) is 0 Å². The molecule has 106 valence electrons. The molecular formula is C15H24N2O2. The van der Waals surface area contributed by atoms with Gasteiger partial charge in [0, 0.05) is 18.8 Å². The van der Waals surface area contributed by atoms with E-state index in [1.165, 1.54) is 0 Å². The predicted molar refractivity (Wildman–Crippen MR) is 78.0 cm³/mol. The molecule has 0 aromatic heterocycles. The lowest BCUT2D eigenvalue weighted by atomic mass is 10.1. The first-order valence-corrected chi connectivity index (χ1v) is 6.64. The molecule has 19 heavy (non-hydrogen) atoms. The number of nitrogen functional groups attached to an aromatic ring is 1. The van der Waals surface area contributed by atoms with E-state index in [9.17, 15) is 4.79 Å². The summed E-state index contributed by atoms with van der Waals surface area (Å²) in [7, 11) is 0. The highest BCUT2D eigenvalue weighted by atomic mass is 16.6. The van der Waals surface area contributed by atoms with Gasteiger partial charge in [-0.05, 0) is 51.8 Å². The van der Waals surface area contributed by atoms with Gasteiger partial charge >= 0.3 is 6.09 Å². The van der Waals surface area contributed by atoms with E-state index in [0.717, 1.165) is 17.7 Å². The Bertz CT molecular complexity index is 424. The van der Waals surface area contributed by atoms with Crippen LogP contribution in [-0.4, -0.2) is 29.7 Å². The van der Waals surface area contributed by atoms with Crippen molar-refractivity contribution in [2.75, 3.05) is 18.8 Å². The van der Waals surface area contributed by atoms with E-state index in [2.05, 4.69) is 0 Å². The SMILES string of the molecule is CCN(CCc1cccc(N)c1)C(=O)OC(C)(C)C. The Hall–Kier alpha value is -1.71. The molecule has 1 aromatic carbocycles. The van der Waals surface area contributed by atoms with Crippen molar-refractivity contribution < 1.29 is 9.53 Å². The molecule has 1 rings (SSSR count). The van der Waals surface area contributed by atoms with Gasteiger partial charge in [0.2, 0.25) is 0 Å². The summed E-state index contributed by atoms with van der Waals surface area (Å²) in [5.41, 5.74) is 7.15. The highest BCUT2D eigenvalue weighted by molar-refractivity contribution is 5.68. The lowest BCUT2D eigenvalue weighted by molar-refractivity contribution is 0.0262. The van der Waals surface area contributed by atoms with Crippen molar-refractivity contribution in [3.63, 3.8) is 0 Å². The van der Waals surface area contributed by atoms with Gasteiger partial charge in [0.25, 0.3) is 0 Å². The van der Waals surface area contributed by atoms with Crippen LogP contribution in [0, 0.1) is 0 Å². The van der Waals surface area contributed by atoms with Gasteiger partial charge in [0.1, 0.15) is 5.60 Å². The lowest BCUT2D eigenvalue weighted by Crippen LogP contribution is -2.37. The molecule has 0 saturated heterocycles. The number of amides is 1. The van der Waals surface area contributed by atoms with Gasteiger partial charge in [-0.3, -0.25) is 0 Å². The first-order valence-electron chi connectivity index (χ1n) is 6.64. The van der Waals surface area contributed by atoms with E-state index in [-0.39, 0.29) is 6.09 Å². The minimum atomic E-state index is -0.457. The molecule has 0 heterocycles. The zero-order valence-electron chi connectivity index (χ0n) is 12.3. The Morgan fingerprint density at radius 1 is 1.37 bits per heavy atom. The molecule has 0 fully saturated rings. The van der Waals surface area contributed by atoms with Crippen LogP contribution in [0.15, 0.2) is 24.3 Å². The fourth-order valence-corrected chi connectivity index (χ4v) is 1.72. The number of anilines is 1. The van der Waals surface area contributed by atoms with E-state index in [1.807, 2.05) is 52.0 Å². The van der Waals surface area contributed by atoms with Crippen molar-refractivity contribution in [3.05, 3.63) is 29.8 Å². The third-order valence-corrected chi connectivity index (χ3v) is 2.65. The van der Waals surface area contributed by atoms with Gasteiger partial charge in [-0.2, -0.15) is 0 Å². The number of benzene rings is 1. The summed E-state index contributed by atoms with van der Waals surface area (Å²) >= 11 is 0. The first kappa shape index (κ1) is 15.3. The number of hydrogen-bond acceptors (Lipinski definition) is 3. The van der Waals surface area contributed by atoms with Crippen LogP contribution < -0.4 is 5.73 Å². The number of rotatable bonds is 4. The van der Waals surface area contributed by atoms with Crippen LogP contribution in [-0.2, 0) is 11.2 Å². The van der Waals surface area contributed by atoms with Crippen LogP contribution in [0.1, 0.15) is 33.3 Å². The number of carbonyl (C=O) groups excluding carboxylic acids is 1. The number of nitrogens with two attached hydrogens (primary N) is 1. The van der Waals surface area contributed by atoms with Gasteiger partial charge in [-0.25, -0.2) is 4.79 Å². The average molecular weight is 264 g/mol. The van der Waals surface area contributed by atoms with Crippen LogP contribution in [0.4, 0.5) is 10.5 Å². The molecule has 1 aromatic rings. The van der Waals surface area contributed by atoms with E-state index >= 15 is 0 Å². The standard InChI is InChI=1S/C15H24N2O2/c1-5-17(14(18)19-15(2,3)4)10-9-12-7-6-8-13(16)11-12/h6-8,11H,5,9-10,16H2,1-4H3. The average Bonchev–Trinajstić information content (AvgIpc) is 2.27. The summed E-state index contributed by atoms with van der Waals surface area (Å²) in [5, 5.41) is 0. The Labute approximate surface area is 115 Å². The number of nitrogens with zero attached hydrogens (tertiary/aromatic N) is 1. The van der Waals surface area contributed by atoms with Crippen molar-refractivity contribution in [1.29, 1.82) is 0 Å². The zero-order chi connectivity index (χ0) is 14.5. The number of carbonyl (C=O) groups is 1. The molecule has 0 bridgehead atoms. The molecule has 0 aliphatic rings. The van der Waals surface area contributed by atoms with Crippen LogP contribution in [0.25, 0.3) is 0 Å². The van der Waals surface area contributed by atoms with Gasteiger partial charge in [0.05, 0.1) is 0 Å². The Kier molecular flexibility index (Phi) is 5.21. The molecule has 0 aliphatic heterocycles. The third kappa shape index (κ3) is 5.64. The Morgan fingerprint density at radius 3 is 2.58 bits per heavy atom. The molecule has 0 atom stereocenters. The van der Waals surface area contributed by atoms with Crippen molar-refractivity contribution >= 4 is 11.8 Å². The van der Waals surface area contributed by atoms with Crippen molar-refractivity contribution in [2.24, 2.45) is 0 Å². The fourth-order valence-electron chi connectivity index (χ4n) is 1.72.